The summed E-state index contributed by atoms with van der Waals surface area (Å²) in [5.74, 6) is -1.11. The van der Waals surface area contributed by atoms with Crippen molar-refractivity contribution in [2.24, 2.45) is 0 Å². The van der Waals surface area contributed by atoms with Crippen molar-refractivity contribution in [2.75, 3.05) is 0 Å². The van der Waals surface area contributed by atoms with Crippen LogP contribution in [0.3, 0.4) is 0 Å². The van der Waals surface area contributed by atoms with Crippen molar-refractivity contribution in [3.05, 3.63) is 81.7 Å². The molecule has 0 N–H and O–H groups in total. The molecule has 8 nitrogen and oxygen atoms in total. The molecular weight excluding hydrogens is 422 g/mol. The average Bonchev–Trinajstić information content (AvgIpc) is 3.35. The molecule has 0 spiro atoms. The molecule has 0 aliphatic heterocycles. The Labute approximate surface area is 170 Å². The van der Waals surface area contributed by atoms with Gasteiger partial charge in [-0.05, 0) is 34.8 Å². The standard InChI is InChI=1S/C19H11F4N5O3/c20-14-3-1-2-11(8-14)10-27-15(9-16(25-27)28(29)30)18-24-17(26-31-18)12-4-6-13(7-5-12)19(21,22)23/h1-9H,10H2. The fourth-order valence-electron chi connectivity index (χ4n) is 2.85. The van der Waals surface area contributed by atoms with E-state index in [0.717, 1.165) is 18.2 Å². The van der Waals surface area contributed by atoms with Gasteiger partial charge in [0.1, 0.15) is 5.82 Å². The van der Waals surface area contributed by atoms with Crippen LogP contribution in [0.2, 0.25) is 0 Å². The minimum atomic E-state index is -4.48. The van der Waals surface area contributed by atoms with Crippen LogP contribution in [0.1, 0.15) is 11.1 Å². The Bertz CT molecular complexity index is 1250. The molecule has 0 amide bonds. The fourth-order valence-corrected chi connectivity index (χ4v) is 2.85. The van der Waals surface area contributed by atoms with Crippen molar-refractivity contribution in [3.8, 4) is 23.0 Å². The van der Waals surface area contributed by atoms with Crippen molar-refractivity contribution >= 4 is 5.82 Å². The summed E-state index contributed by atoms with van der Waals surface area (Å²) in [6, 6.07) is 10.8. The lowest BCUT2D eigenvalue weighted by molar-refractivity contribution is -0.389. The SMILES string of the molecule is O=[N+]([O-])c1cc(-c2nc(-c3ccc(C(F)(F)F)cc3)no2)n(Cc2cccc(F)c2)n1. The number of aromatic nitrogens is 4. The Kier molecular flexibility index (Phi) is 4.97. The van der Waals surface area contributed by atoms with Gasteiger partial charge in [-0.2, -0.15) is 22.8 Å². The summed E-state index contributed by atoms with van der Waals surface area (Å²) in [5.41, 5.74) is 0.0146. The van der Waals surface area contributed by atoms with Gasteiger partial charge in [0.05, 0.1) is 23.3 Å². The van der Waals surface area contributed by atoms with E-state index in [9.17, 15) is 27.7 Å². The first kappa shape index (κ1) is 20.2. The van der Waals surface area contributed by atoms with E-state index in [-0.39, 0.29) is 29.5 Å². The first-order valence-corrected chi connectivity index (χ1v) is 8.69. The molecule has 0 atom stereocenters. The third kappa shape index (κ3) is 4.27. The van der Waals surface area contributed by atoms with Crippen LogP contribution >= 0.6 is 0 Å². The number of hydrogen-bond acceptors (Lipinski definition) is 6. The summed E-state index contributed by atoms with van der Waals surface area (Å²) >= 11 is 0. The topological polar surface area (TPSA) is 99.9 Å². The molecule has 0 saturated carbocycles. The number of benzene rings is 2. The van der Waals surface area contributed by atoms with Gasteiger partial charge in [-0.3, -0.25) is 0 Å². The highest BCUT2D eigenvalue weighted by Crippen LogP contribution is 2.31. The number of alkyl halides is 3. The molecule has 2 aromatic heterocycles. The molecule has 0 saturated heterocycles. The molecule has 2 heterocycles. The van der Waals surface area contributed by atoms with Crippen molar-refractivity contribution in [3.63, 3.8) is 0 Å². The summed E-state index contributed by atoms with van der Waals surface area (Å²) < 4.78 is 58.0. The van der Waals surface area contributed by atoms with Gasteiger partial charge in [-0.25, -0.2) is 4.39 Å². The summed E-state index contributed by atoms with van der Waals surface area (Å²) in [5, 5.41) is 18.8. The van der Waals surface area contributed by atoms with Gasteiger partial charge in [0.2, 0.25) is 5.82 Å². The van der Waals surface area contributed by atoms with Crippen molar-refractivity contribution in [1.29, 1.82) is 0 Å². The molecule has 158 valence electrons. The molecule has 0 fully saturated rings. The zero-order chi connectivity index (χ0) is 22.2. The Morgan fingerprint density at radius 2 is 1.84 bits per heavy atom. The fraction of sp³-hybridized carbons (Fsp3) is 0.105. The van der Waals surface area contributed by atoms with Crippen LogP contribution in [-0.2, 0) is 12.7 Å². The summed E-state index contributed by atoms with van der Waals surface area (Å²) in [7, 11) is 0. The molecule has 0 radical (unpaired) electrons. The van der Waals surface area contributed by atoms with E-state index in [1.165, 1.54) is 35.0 Å². The Hall–Kier alpha value is -4.09. The van der Waals surface area contributed by atoms with E-state index < -0.39 is 28.3 Å². The van der Waals surface area contributed by atoms with E-state index in [1.807, 2.05) is 0 Å². The monoisotopic (exact) mass is 433 g/mol. The first-order chi connectivity index (χ1) is 14.7. The maximum Gasteiger partial charge on any atom is 0.416 e. The minimum absolute atomic E-state index is 0.00937. The second-order valence-corrected chi connectivity index (χ2v) is 6.43. The highest BCUT2D eigenvalue weighted by Gasteiger charge is 2.30. The molecule has 4 aromatic rings. The maximum atomic E-state index is 13.5. The quantitative estimate of drug-likeness (QED) is 0.257. The molecular formula is C19H11F4N5O3. The lowest BCUT2D eigenvalue weighted by atomic mass is 10.1. The van der Waals surface area contributed by atoms with Crippen molar-refractivity contribution < 1.29 is 27.0 Å². The highest BCUT2D eigenvalue weighted by molar-refractivity contribution is 5.59. The van der Waals surface area contributed by atoms with Gasteiger partial charge in [0.15, 0.2) is 5.69 Å². The van der Waals surface area contributed by atoms with E-state index in [2.05, 4.69) is 15.2 Å². The van der Waals surface area contributed by atoms with Gasteiger partial charge in [0, 0.05) is 5.56 Å². The number of rotatable bonds is 5. The molecule has 31 heavy (non-hydrogen) atoms. The van der Waals surface area contributed by atoms with Crippen LogP contribution in [0.25, 0.3) is 23.0 Å². The van der Waals surface area contributed by atoms with Gasteiger partial charge in [-0.15, -0.1) is 0 Å². The zero-order valence-electron chi connectivity index (χ0n) is 15.4. The molecule has 0 bridgehead atoms. The minimum Gasteiger partial charge on any atom is -0.358 e. The van der Waals surface area contributed by atoms with Crippen molar-refractivity contribution in [2.45, 2.75) is 12.7 Å². The molecule has 0 aliphatic carbocycles. The molecule has 12 heteroatoms. The normalized spacial score (nSPS) is 11.6. The van der Waals surface area contributed by atoms with Crippen LogP contribution in [0, 0.1) is 15.9 Å². The predicted octanol–water partition coefficient (Wildman–Crippen LogP) is 4.71. The van der Waals surface area contributed by atoms with Crippen LogP contribution in [0.4, 0.5) is 23.4 Å². The highest BCUT2D eigenvalue weighted by atomic mass is 19.4. The largest absolute Gasteiger partial charge is 0.416 e. The molecule has 0 unspecified atom stereocenters. The van der Waals surface area contributed by atoms with Gasteiger partial charge in [0.25, 0.3) is 5.89 Å². The van der Waals surface area contributed by atoms with Gasteiger partial charge < -0.3 is 14.6 Å². The average molecular weight is 433 g/mol. The molecule has 4 rings (SSSR count). The van der Waals surface area contributed by atoms with E-state index in [1.54, 1.807) is 6.07 Å². The molecule has 0 aliphatic rings. The lowest BCUT2D eigenvalue weighted by Crippen LogP contribution is -2.05. The lowest BCUT2D eigenvalue weighted by Gasteiger charge is -2.05. The second-order valence-electron chi connectivity index (χ2n) is 6.43. The third-order valence-electron chi connectivity index (χ3n) is 4.29. The zero-order valence-corrected chi connectivity index (χ0v) is 15.4. The second kappa shape index (κ2) is 7.63. The number of halogens is 4. The Balaban J connectivity index is 1.68. The summed E-state index contributed by atoms with van der Waals surface area (Å²) in [4.78, 5) is 14.6. The van der Waals surface area contributed by atoms with Crippen molar-refractivity contribution in [1.82, 2.24) is 19.9 Å². The summed E-state index contributed by atoms with van der Waals surface area (Å²) in [6.07, 6.45) is -4.48. The van der Waals surface area contributed by atoms with E-state index in [0.29, 0.717) is 5.56 Å². The third-order valence-corrected chi connectivity index (χ3v) is 4.29. The smallest absolute Gasteiger partial charge is 0.358 e. The first-order valence-electron chi connectivity index (χ1n) is 8.69. The maximum absolute atomic E-state index is 13.5. The Morgan fingerprint density at radius 3 is 2.48 bits per heavy atom. The van der Waals surface area contributed by atoms with Crippen LogP contribution in [0.5, 0.6) is 0 Å². The number of nitro groups is 1. The number of nitrogens with zero attached hydrogens (tertiary/aromatic N) is 5. The number of hydrogen-bond donors (Lipinski definition) is 0. The van der Waals surface area contributed by atoms with E-state index >= 15 is 0 Å². The van der Waals surface area contributed by atoms with E-state index in [4.69, 9.17) is 4.52 Å². The summed E-state index contributed by atoms with van der Waals surface area (Å²) in [6.45, 7) is -0.0150. The van der Waals surface area contributed by atoms with Gasteiger partial charge >= 0.3 is 12.0 Å². The van der Waals surface area contributed by atoms with Gasteiger partial charge in [-0.1, -0.05) is 29.4 Å². The van der Waals surface area contributed by atoms with Crippen LogP contribution in [-0.4, -0.2) is 24.8 Å². The predicted molar refractivity (Wildman–Crippen MR) is 98.1 cm³/mol. The van der Waals surface area contributed by atoms with Crippen LogP contribution < -0.4 is 0 Å². The van der Waals surface area contributed by atoms with Crippen LogP contribution in [0.15, 0.2) is 59.1 Å². The molecule has 2 aromatic carbocycles. The Morgan fingerprint density at radius 1 is 1.10 bits per heavy atom.